The van der Waals surface area contributed by atoms with E-state index in [-0.39, 0.29) is 12.5 Å². The van der Waals surface area contributed by atoms with Gasteiger partial charge in [0.1, 0.15) is 6.04 Å². The molecule has 10 nitrogen and oxygen atoms in total. The summed E-state index contributed by atoms with van der Waals surface area (Å²) < 4.78 is 34.9. The number of benzene rings is 1. The molecule has 3 amide bonds. The van der Waals surface area contributed by atoms with Crippen LogP contribution in [0.2, 0.25) is 0 Å². The molecule has 2 aliphatic rings. The molecule has 0 aromatic heterocycles. The maximum absolute atomic E-state index is 12.6. The standard InChI is InChI=1S/C15H20N4O6S/c1-17(2)11-5-3-10(4-6-11)16-14(20)13-8-7-12-9-18(13)15(21)19(12)25-26(22,23)24/h3-6,12-13H,7-9H2,1-2H3,(H,16,20)(H,22,23,24)/t12-,13?/m1/s1. The minimum Gasteiger partial charge on any atom is -0.378 e. The van der Waals surface area contributed by atoms with Crippen LogP contribution in [0.15, 0.2) is 24.3 Å². The number of hydroxylamine groups is 2. The summed E-state index contributed by atoms with van der Waals surface area (Å²) in [5.74, 6) is -0.358. The zero-order valence-electron chi connectivity index (χ0n) is 14.3. The number of nitrogens with one attached hydrogen (secondary N) is 1. The van der Waals surface area contributed by atoms with Gasteiger partial charge in [-0.2, -0.15) is 13.5 Å². The SMILES string of the molecule is CN(C)c1ccc(NC(=O)C2CC[C@@H]3CN2C(=O)N3OS(=O)(=O)O)cc1. The van der Waals surface area contributed by atoms with E-state index in [1.807, 2.05) is 31.1 Å². The van der Waals surface area contributed by atoms with E-state index >= 15 is 0 Å². The van der Waals surface area contributed by atoms with Crippen LogP contribution in [0.5, 0.6) is 0 Å². The van der Waals surface area contributed by atoms with E-state index in [9.17, 15) is 18.0 Å². The Morgan fingerprint density at radius 2 is 1.92 bits per heavy atom. The molecule has 2 bridgehead atoms. The molecular formula is C15H20N4O6S. The molecular weight excluding hydrogens is 364 g/mol. The maximum atomic E-state index is 12.6. The van der Waals surface area contributed by atoms with Gasteiger partial charge in [-0.3, -0.25) is 9.35 Å². The number of urea groups is 1. The Labute approximate surface area is 151 Å². The van der Waals surface area contributed by atoms with Gasteiger partial charge < -0.3 is 15.1 Å². The number of fused-ring (bicyclic) bond motifs is 2. The fourth-order valence-electron chi connectivity index (χ4n) is 3.17. The predicted octanol–water partition coefficient (Wildman–Crippen LogP) is 0.694. The molecule has 0 spiro atoms. The van der Waals surface area contributed by atoms with Crippen LogP contribution in [-0.4, -0.2) is 67.6 Å². The van der Waals surface area contributed by atoms with Crippen molar-refractivity contribution < 1.29 is 26.8 Å². The van der Waals surface area contributed by atoms with Crippen molar-refractivity contribution in [3.8, 4) is 0 Å². The Kier molecular flexibility index (Phi) is 4.78. The lowest BCUT2D eigenvalue weighted by Crippen LogP contribution is -2.47. The first-order valence-corrected chi connectivity index (χ1v) is 9.37. The fourth-order valence-corrected chi connectivity index (χ4v) is 3.56. The third-order valence-corrected chi connectivity index (χ3v) is 4.80. The van der Waals surface area contributed by atoms with Crippen LogP contribution in [0.4, 0.5) is 16.2 Å². The van der Waals surface area contributed by atoms with Crippen LogP contribution in [0.3, 0.4) is 0 Å². The predicted molar refractivity (Wildman–Crippen MR) is 92.8 cm³/mol. The second kappa shape index (κ2) is 6.74. The number of carbonyl (C=O) groups excluding carboxylic acids is 2. The molecule has 1 aromatic rings. The number of rotatable bonds is 5. The van der Waals surface area contributed by atoms with Gasteiger partial charge in [-0.25, -0.2) is 4.79 Å². The summed E-state index contributed by atoms with van der Waals surface area (Å²) in [7, 11) is -0.986. The van der Waals surface area contributed by atoms with Crippen molar-refractivity contribution in [3.05, 3.63) is 24.3 Å². The molecule has 0 radical (unpaired) electrons. The number of anilines is 2. The van der Waals surface area contributed by atoms with Crippen molar-refractivity contribution in [1.29, 1.82) is 0 Å². The Morgan fingerprint density at radius 1 is 1.27 bits per heavy atom. The normalized spacial score (nSPS) is 22.5. The van der Waals surface area contributed by atoms with Gasteiger partial charge in [0.25, 0.3) is 0 Å². The average molecular weight is 384 g/mol. The molecule has 26 heavy (non-hydrogen) atoms. The van der Waals surface area contributed by atoms with Crippen LogP contribution in [0.25, 0.3) is 0 Å². The lowest BCUT2D eigenvalue weighted by molar-refractivity contribution is -0.120. The zero-order valence-corrected chi connectivity index (χ0v) is 15.1. The Morgan fingerprint density at radius 3 is 2.50 bits per heavy atom. The highest BCUT2D eigenvalue weighted by Crippen LogP contribution is 2.31. The van der Waals surface area contributed by atoms with Crippen molar-refractivity contribution in [3.63, 3.8) is 0 Å². The zero-order chi connectivity index (χ0) is 19.1. The van der Waals surface area contributed by atoms with Crippen LogP contribution in [-0.2, 0) is 19.5 Å². The first-order valence-electron chi connectivity index (χ1n) is 8.01. The highest BCUT2D eigenvalue weighted by molar-refractivity contribution is 7.80. The number of amides is 3. The molecule has 2 fully saturated rings. The first-order chi connectivity index (χ1) is 12.2. The molecule has 2 heterocycles. The molecule has 0 aliphatic carbocycles. The van der Waals surface area contributed by atoms with Crippen molar-refractivity contribution >= 4 is 33.7 Å². The fraction of sp³-hybridized carbons (Fsp3) is 0.467. The quantitative estimate of drug-likeness (QED) is 0.717. The molecule has 11 heteroatoms. The second-order valence-corrected chi connectivity index (χ2v) is 7.45. The van der Waals surface area contributed by atoms with Gasteiger partial charge in [-0.1, -0.05) is 0 Å². The van der Waals surface area contributed by atoms with Crippen LogP contribution >= 0.6 is 0 Å². The van der Waals surface area contributed by atoms with Gasteiger partial charge in [-0.05, 0) is 37.1 Å². The number of piperidine rings is 1. The molecule has 2 saturated heterocycles. The third kappa shape index (κ3) is 3.74. The van der Waals surface area contributed by atoms with E-state index in [4.69, 9.17) is 4.55 Å². The van der Waals surface area contributed by atoms with Gasteiger partial charge in [-0.15, -0.1) is 4.28 Å². The van der Waals surface area contributed by atoms with Crippen LogP contribution in [0, 0.1) is 0 Å². The van der Waals surface area contributed by atoms with Gasteiger partial charge in [0.05, 0.1) is 6.04 Å². The van der Waals surface area contributed by atoms with Crippen molar-refractivity contribution in [2.75, 3.05) is 30.9 Å². The highest BCUT2D eigenvalue weighted by atomic mass is 32.3. The lowest BCUT2D eigenvalue weighted by Gasteiger charge is -2.29. The minimum atomic E-state index is -4.80. The smallest absolute Gasteiger partial charge is 0.378 e. The molecule has 3 rings (SSSR count). The van der Waals surface area contributed by atoms with E-state index in [0.717, 1.165) is 5.69 Å². The molecule has 2 N–H and O–H groups in total. The third-order valence-electron chi connectivity index (χ3n) is 4.45. The van der Waals surface area contributed by atoms with Crippen molar-refractivity contribution in [2.24, 2.45) is 0 Å². The summed E-state index contributed by atoms with van der Waals surface area (Å²) in [6, 6.07) is 5.23. The average Bonchev–Trinajstić information content (AvgIpc) is 2.79. The molecule has 2 atom stereocenters. The topological polar surface area (TPSA) is 119 Å². The molecule has 142 valence electrons. The largest absolute Gasteiger partial charge is 0.418 e. The summed E-state index contributed by atoms with van der Waals surface area (Å²) in [5.41, 5.74) is 1.58. The summed E-state index contributed by atoms with van der Waals surface area (Å²) in [6.45, 7) is 0.159. The van der Waals surface area contributed by atoms with Gasteiger partial charge >= 0.3 is 16.4 Å². The van der Waals surface area contributed by atoms with Crippen LogP contribution < -0.4 is 10.2 Å². The van der Waals surface area contributed by atoms with E-state index in [1.165, 1.54) is 4.90 Å². The van der Waals surface area contributed by atoms with Crippen molar-refractivity contribution in [2.45, 2.75) is 24.9 Å². The number of carbonyl (C=O) groups is 2. The Balaban J connectivity index is 1.68. The number of hydrogen-bond donors (Lipinski definition) is 2. The van der Waals surface area contributed by atoms with E-state index in [2.05, 4.69) is 9.60 Å². The summed E-state index contributed by atoms with van der Waals surface area (Å²) in [6.07, 6.45) is 0.749. The molecule has 0 saturated carbocycles. The monoisotopic (exact) mass is 384 g/mol. The van der Waals surface area contributed by atoms with Gasteiger partial charge in [0.2, 0.25) is 5.91 Å². The van der Waals surface area contributed by atoms with E-state index in [0.29, 0.717) is 23.6 Å². The lowest BCUT2D eigenvalue weighted by atomic mass is 10.0. The Bertz CT molecular complexity index is 810. The minimum absolute atomic E-state index is 0.159. The molecule has 2 aliphatic heterocycles. The van der Waals surface area contributed by atoms with Gasteiger partial charge in [0.15, 0.2) is 0 Å². The maximum Gasteiger partial charge on any atom is 0.418 e. The summed E-state index contributed by atoms with van der Waals surface area (Å²) in [5, 5.41) is 3.39. The first kappa shape index (κ1) is 18.4. The Hall–Kier alpha value is -2.37. The number of hydrogen-bond acceptors (Lipinski definition) is 6. The van der Waals surface area contributed by atoms with E-state index in [1.54, 1.807) is 12.1 Å². The van der Waals surface area contributed by atoms with E-state index < -0.39 is 28.5 Å². The van der Waals surface area contributed by atoms with Crippen LogP contribution in [0.1, 0.15) is 12.8 Å². The second-order valence-electron chi connectivity index (χ2n) is 6.44. The van der Waals surface area contributed by atoms with Crippen molar-refractivity contribution in [1.82, 2.24) is 9.96 Å². The molecule has 1 unspecified atom stereocenters. The van der Waals surface area contributed by atoms with Gasteiger partial charge in [0, 0.05) is 32.0 Å². The molecule has 1 aromatic carbocycles. The highest BCUT2D eigenvalue weighted by Gasteiger charge is 2.49. The summed E-state index contributed by atoms with van der Waals surface area (Å²) in [4.78, 5) is 28.1. The number of nitrogens with zero attached hydrogens (tertiary/aromatic N) is 3. The summed E-state index contributed by atoms with van der Waals surface area (Å²) >= 11 is 0.